The molecule has 0 spiro atoms. The lowest BCUT2D eigenvalue weighted by molar-refractivity contribution is 0.102. The zero-order valence-electron chi connectivity index (χ0n) is 12.1. The van der Waals surface area contributed by atoms with Crippen LogP contribution in [0.5, 0.6) is 0 Å². The first-order valence-corrected chi connectivity index (χ1v) is 6.69. The summed E-state index contributed by atoms with van der Waals surface area (Å²) in [7, 11) is 5.74. The van der Waals surface area contributed by atoms with Crippen LogP contribution in [0.25, 0.3) is 0 Å². The maximum Gasteiger partial charge on any atom is 0.215 e. The summed E-state index contributed by atoms with van der Waals surface area (Å²) >= 11 is 6.12. The molecule has 2 heterocycles. The molecule has 2 aromatic rings. The topological polar surface area (TPSA) is 56.0 Å². The van der Waals surface area contributed by atoms with Crippen molar-refractivity contribution >= 4 is 17.4 Å². The SMILES string of the molecule is Cc1c(C(=O)c2c(Cl)cnn2CCN(C)C)cnn1C. The molecule has 0 N–H and O–H groups in total. The van der Waals surface area contributed by atoms with E-state index < -0.39 is 0 Å². The monoisotopic (exact) mass is 295 g/mol. The van der Waals surface area contributed by atoms with E-state index in [0.717, 1.165) is 12.2 Å². The predicted octanol–water partition coefficient (Wildman–Crippen LogP) is 1.37. The Labute approximate surface area is 122 Å². The number of likely N-dealkylation sites (N-methyl/N-ethyl adjacent to an activating group) is 1. The summed E-state index contributed by atoms with van der Waals surface area (Å²) < 4.78 is 3.32. The van der Waals surface area contributed by atoms with Crippen LogP contribution < -0.4 is 0 Å². The van der Waals surface area contributed by atoms with Gasteiger partial charge in [-0.2, -0.15) is 10.2 Å². The molecular weight excluding hydrogens is 278 g/mol. The standard InChI is InChI=1S/C13H18ClN5O/c1-9-10(7-15-18(9)4)13(20)12-11(14)8-16-19(12)6-5-17(2)3/h7-8H,5-6H2,1-4H3. The Hall–Kier alpha value is -1.66. The largest absolute Gasteiger partial charge is 0.308 e. The van der Waals surface area contributed by atoms with Crippen molar-refractivity contribution in [3.05, 3.63) is 34.4 Å². The minimum absolute atomic E-state index is 0.142. The molecule has 0 saturated heterocycles. The highest BCUT2D eigenvalue weighted by Gasteiger charge is 2.22. The third-order valence-electron chi connectivity index (χ3n) is 3.25. The Morgan fingerprint density at radius 1 is 1.35 bits per heavy atom. The molecule has 2 rings (SSSR count). The lowest BCUT2D eigenvalue weighted by atomic mass is 10.1. The molecule has 0 aliphatic carbocycles. The number of carbonyl (C=O) groups is 1. The van der Waals surface area contributed by atoms with E-state index in [1.54, 1.807) is 22.6 Å². The molecule has 0 atom stereocenters. The van der Waals surface area contributed by atoms with Crippen molar-refractivity contribution in [3.8, 4) is 0 Å². The molecule has 0 amide bonds. The van der Waals surface area contributed by atoms with Gasteiger partial charge in [-0.25, -0.2) is 0 Å². The van der Waals surface area contributed by atoms with Gasteiger partial charge < -0.3 is 4.90 Å². The number of halogens is 1. The highest BCUT2D eigenvalue weighted by Crippen LogP contribution is 2.20. The minimum atomic E-state index is -0.142. The predicted molar refractivity (Wildman–Crippen MR) is 77.2 cm³/mol. The minimum Gasteiger partial charge on any atom is -0.308 e. The van der Waals surface area contributed by atoms with Crippen molar-refractivity contribution in [3.63, 3.8) is 0 Å². The number of hydrogen-bond acceptors (Lipinski definition) is 4. The Kier molecular flexibility index (Phi) is 4.25. The molecular formula is C13H18ClN5O. The van der Waals surface area contributed by atoms with Crippen LogP contribution in [0.3, 0.4) is 0 Å². The normalized spacial score (nSPS) is 11.3. The second-order valence-electron chi connectivity index (χ2n) is 4.96. The van der Waals surface area contributed by atoms with E-state index in [0.29, 0.717) is 22.8 Å². The molecule has 2 aromatic heterocycles. The lowest BCUT2D eigenvalue weighted by Crippen LogP contribution is -2.22. The Morgan fingerprint density at radius 2 is 2.05 bits per heavy atom. The van der Waals surface area contributed by atoms with Crippen molar-refractivity contribution in [1.29, 1.82) is 0 Å². The van der Waals surface area contributed by atoms with E-state index in [-0.39, 0.29) is 5.78 Å². The molecule has 0 aromatic carbocycles. The number of carbonyl (C=O) groups excluding carboxylic acids is 1. The van der Waals surface area contributed by atoms with Crippen molar-refractivity contribution in [1.82, 2.24) is 24.5 Å². The number of ketones is 1. The van der Waals surface area contributed by atoms with Gasteiger partial charge in [-0.05, 0) is 21.0 Å². The number of aryl methyl sites for hydroxylation is 1. The highest BCUT2D eigenvalue weighted by molar-refractivity contribution is 6.34. The Morgan fingerprint density at radius 3 is 2.60 bits per heavy atom. The number of rotatable bonds is 5. The molecule has 0 radical (unpaired) electrons. The molecule has 0 fully saturated rings. The number of nitrogens with zero attached hydrogens (tertiary/aromatic N) is 5. The van der Waals surface area contributed by atoms with E-state index in [2.05, 4.69) is 10.2 Å². The molecule has 0 unspecified atom stereocenters. The fourth-order valence-corrected chi connectivity index (χ4v) is 2.13. The summed E-state index contributed by atoms with van der Waals surface area (Å²) in [6.45, 7) is 3.25. The average molecular weight is 296 g/mol. The van der Waals surface area contributed by atoms with Crippen molar-refractivity contribution in [2.45, 2.75) is 13.5 Å². The molecule has 7 heteroatoms. The maximum atomic E-state index is 12.6. The summed E-state index contributed by atoms with van der Waals surface area (Å²) in [4.78, 5) is 14.6. The summed E-state index contributed by atoms with van der Waals surface area (Å²) in [6.07, 6.45) is 3.08. The molecule has 6 nitrogen and oxygen atoms in total. The Balaban J connectivity index is 2.34. The van der Waals surface area contributed by atoms with Crippen LogP contribution in [0, 0.1) is 6.92 Å². The fraction of sp³-hybridized carbons (Fsp3) is 0.462. The lowest BCUT2D eigenvalue weighted by Gasteiger charge is -2.11. The van der Waals surface area contributed by atoms with Gasteiger partial charge in [0.2, 0.25) is 5.78 Å². The summed E-state index contributed by atoms with van der Waals surface area (Å²) in [5.41, 5.74) is 1.79. The van der Waals surface area contributed by atoms with Crippen LogP contribution in [0.1, 0.15) is 21.7 Å². The number of hydrogen-bond donors (Lipinski definition) is 0. The molecule has 20 heavy (non-hydrogen) atoms. The summed E-state index contributed by atoms with van der Waals surface area (Å²) in [6, 6.07) is 0. The van der Waals surface area contributed by atoms with Crippen LogP contribution in [-0.4, -0.2) is 50.9 Å². The van der Waals surface area contributed by atoms with E-state index in [4.69, 9.17) is 11.6 Å². The maximum absolute atomic E-state index is 12.6. The zero-order valence-corrected chi connectivity index (χ0v) is 12.8. The smallest absolute Gasteiger partial charge is 0.215 e. The van der Waals surface area contributed by atoms with E-state index in [9.17, 15) is 4.79 Å². The van der Waals surface area contributed by atoms with Gasteiger partial charge in [-0.3, -0.25) is 14.2 Å². The highest BCUT2D eigenvalue weighted by atomic mass is 35.5. The van der Waals surface area contributed by atoms with E-state index in [1.807, 2.05) is 25.9 Å². The van der Waals surface area contributed by atoms with Crippen LogP contribution in [0.4, 0.5) is 0 Å². The zero-order chi connectivity index (χ0) is 14.9. The van der Waals surface area contributed by atoms with Crippen molar-refractivity contribution < 1.29 is 4.79 Å². The van der Waals surface area contributed by atoms with Crippen molar-refractivity contribution in [2.75, 3.05) is 20.6 Å². The molecule has 0 saturated carbocycles. The number of aromatic nitrogens is 4. The average Bonchev–Trinajstić information content (AvgIpc) is 2.91. The second kappa shape index (κ2) is 5.76. The molecule has 0 aliphatic heterocycles. The molecule has 0 aliphatic rings. The van der Waals surface area contributed by atoms with Gasteiger partial charge in [0.05, 0.1) is 29.5 Å². The third-order valence-corrected chi connectivity index (χ3v) is 3.53. The van der Waals surface area contributed by atoms with Gasteiger partial charge in [0.15, 0.2) is 0 Å². The van der Waals surface area contributed by atoms with Gasteiger partial charge >= 0.3 is 0 Å². The van der Waals surface area contributed by atoms with Crippen LogP contribution in [0.15, 0.2) is 12.4 Å². The first-order chi connectivity index (χ1) is 9.41. The van der Waals surface area contributed by atoms with E-state index in [1.165, 1.54) is 6.20 Å². The first-order valence-electron chi connectivity index (χ1n) is 6.31. The van der Waals surface area contributed by atoms with Gasteiger partial charge in [0.1, 0.15) is 5.69 Å². The van der Waals surface area contributed by atoms with Gasteiger partial charge in [0, 0.05) is 19.3 Å². The van der Waals surface area contributed by atoms with Crippen LogP contribution in [0.2, 0.25) is 5.02 Å². The van der Waals surface area contributed by atoms with Gasteiger partial charge in [-0.1, -0.05) is 11.6 Å². The fourth-order valence-electron chi connectivity index (χ4n) is 1.90. The summed E-state index contributed by atoms with van der Waals surface area (Å²) in [5, 5.41) is 8.65. The van der Waals surface area contributed by atoms with E-state index >= 15 is 0 Å². The third kappa shape index (κ3) is 2.76. The quantitative estimate of drug-likeness (QED) is 0.782. The Bertz CT molecular complexity index is 629. The van der Waals surface area contributed by atoms with Crippen LogP contribution >= 0.6 is 11.6 Å². The molecule has 0 bridgehead atoms. The van der Waals surface area contributed by atoms with Crippen molar-refractivity contribution in [2.24, 2.45) is 7.05 Å². The summed E-state index contributed by atoms with van der Waals surface area (Å²) in [5.74, 6) is -0.142. The second-order valence-corrected chi connectivity index (χ2v) is 5.37. The first kappa shape index (κ1) is 14.7. The molecule has 108 valence electrons. The van der Waals surface area contributed by atoms with Gasteiger partial charge in [0.25, 0.3) is 0 Å². The van der Waals surface area contributed by atoms with Gasteiger partial charge in [-0.15, -0.1) is 0 Å². The van der Waals surface area contributed by atoms with Crippen LogP contribution in [-0.2, 0) is 13.6 Å².